The number of ether oxygens (including phenoxy) is 2. The molecule has 1 aromatic carbocycles. The summed E-state index contributed by atoms with van der Waals surface area (Å²) in [6.07, 6.45) is 0. The third kappa shape index (κ3) is 1.89. The highest BCUT2D eigenvalue weighted by atomic mass is 16.6. The summed E-state index contributed by atoms with van der Waals surface area (Å²) in [5.41, 5.74) is 3.42. The van der Waals surface area contributed by atoms with Gasteiger partial charge in [0, 0.05) is 0 Å². The SMILES string of the molecule is Cc1cc2c(c(-c3cc(C(=O)O)[nH]n3)c1C)OCCO2. The van der Waals surface area contributed by atoms with E-state index in [2.05, 4.69) is 10.2 Å². The molecular weight excluding hydrogens is 260 g/mol. The van der Waals surface area contributed by atoms with Crippen LogP contribution in [0, 0.1) is 13.8 Å². The minimum absolute atomic E-state index is 0.0476. The lowest BCUT2D eigenvalue weighted by atomic mass is 9.98. The highest BCUT2D eigenvalue weighted by molar-refractivity contribution is 5.88. The van der Waals surface area contributed by atoms with Crippen LogP contribution < -0.4 is 9.47 Å². The van der Waals surface area contributed by atoms with Gasteiger partial charge in [0.2, 0.25) is 0 Å². The number of hydrogen-bond donors (Lipinski definition) is 2. The van der Waals surface area contributed by atoms with Gasteiger partial charge in [0.15, 0.2) is 11.5 Å². The highest BCUT2D eigenvalue weighted by Gasteiger charge is 2.23. The van der Waals surface area contributed by atoms with Crippen molar-refractivity contribution < 1.29 is 19.4 Å². The zero-order valence-electron chi connectivity index (χ0n) is 11.2. The molecule has 0 saturated heterocycles. The molecule has 2 heterocycles. The maximum atomic E-state index is 11.0. The zero-order chi connectivity index (χ0) is 14.3. The van der Waals surface area contributed by atoms with Gasteiger partial charge in [0.05, 0.1) is 11.3 Å². The molecule has 2 aromatic rings. The molecule has 0 radical (unpaired) electrons. The topological polar surface area (TPSA) is 84.4 Å². The Kier molecular flexibility index (Phi) is 2.85. The second-order valence-corrected chi connectivity index (χ2v) is 4.69. The van der Waals surface area contributed by atoms with E-state index >= 15 is 0 Å². The first-order chi connectivity index (χ1) is 9.58. The van der Waals surface area contributed by atoms with Crippen molar-refractivity contribution in [2.24, 2.45) is 0 Å². The molecule has 3 rings (SSSR count). The molecule has 0 amide bonds. The van der Waals surface area contributed by atoms with Gasteiger partial charge in [-0.1, -0.05) is 0 Å². The average Bonchev–Trinajstić information content (AvgIpc) is 2.90. The lowest BCUT2D eigenvalue weighted by Crippen LogP contribution is -2.16. The Morgan fingerprint density at radius 2 is 2.05 bits per heavy atom. The van der Waals surface area contributed by atoms with E-state index in [9.17, 15) is 4.79 Å². The Morgan fingerprint density at radius 3 is 2.75 bits per heavy atom. The van der Waals surface area contributed by atoms with E-state index in [4.69, 9.17) is 14.6 Å². The van der Waals surface area contributed by atoms with Gasteiger partial charge in [-0.15, -0.1) is 0 Å². The average molecular weight is 274 g/mol. The molecule has 6 heteroatoms. The molecule has 2 N–H and O–H groups in total. The van der Waals surface area contributed by atoms with E-state index in [1.807, 2.05) is 19.9 Å². The summed E-state index contributed by atoms with van der Waals surface area (Å²) in [7, 11) is 0. The molecule has 0 bridgehead atoms. The van der Waals surface area contributed by atoms with E-state index in [1.165, 1.54) is 6.07 Å². The maximum absolute atomic E-state index is 11.0. The number of aromatic carboxylic acids is 1. The number of aromatic nitrogens is 2. The first kappa shape index (κ1) is 12.5. The van der Waals surface area contributed by atoms with Crippen LogP contribution in [0.15, 0.2) is 12.1 Å². The number of fused-ring (bicyclic) bond motifs is 1. The largest absolute Gasteiger partial charge is 0.486 e. The van der Waals surface area contributed by atoms with Crippen LogP contribution in [0.5, 0.6) is 11.5 Å². The summed E-state index contributed by atoms with van der Waals surface area (Å²) >= 11 is 0. The van der Waals surface area contributed by atoms with Crippen molar-refractivity contribution in [2.45, 2.75) is 13.8 Å². The molecule has 1 aromatic heterocycles. The number of hydrogen-bond acceptors (Lipinski definition) is 4. The Bertz CT molecular complexity index is 691. The number of carbonyl (C=O) groups is 1. The number of H-pyrrole nitrogens is 1. The van der Waals surface area contributed by atoms with Gasteiger partial charge in [-0.3, -0.25) is 5.10 Å². The van der Waals surface area contributed by atoms with E-state index in [0.717, 1.165) is 16.7 Å². The van der Waals surface area contributed by atoms with Crippen molar-refractivity contribution in [2.75, 3.05) is 13.2 Å². The first-order valence-electron chi connectivity index (χ1n) is 6.27. The minimum Gasteiger partial charge on any atom is -0.486 e. The van der Waals surface area contributed by atoms with Crippen LogP contribution in [0.2, 0.25) is 0 Å². The van der Waals surface area contributed by atoms with Gasteiger partial charge in [0.1, 0.15) is 18.9 Å². The molecular formula is C14H14N2O4. The third-order valence-electron chi connectivity index (χ3n) is 3.42. The Balaban J connectivity index is 2.20. The molecule has 0 saturated carbocycles. The predicted molar refractivity (Wildman–Crippen MR) is 71.4 cm³/mol. The van der Waals surface area contributed by atoms with Crippen molar-refractivity contribution in [3.63, 3.8) is 0 Å². The maximum Gasteiger partial charge on any atom is 0.353 e. The molecule has 0 atom stereocenters. The second-order valence-electron chi connectivity index (χ2n) is 4.69. The fourth-order valence-electron chi connectivity index (χ4n) is 2.27. The number of carboxylic acids is 1. The number of carboxylic acid groups (broad SMARTS) is 1. The number of nitrogens with one attached hydrogen (secondary N) is 1. The molecule has 104 valence electrons. The highest BCUT2D eigenvalue weighted by Crippen LogP contribution is 2.43. The summed E-state index contributed by atoms with van der Waals surface area (Å²) in [6.45, 7) is 4.91. The quantitative estimate of drug-likeness (QED) is 0.876. The minimum atomic E-state index is -1.04. The van der Waals surface area contributed by atoms with Crippen LogP contribution in [-0.2, 0) is 0 Å². The molecule has 1 aliphatic heterocycles. The smallest absolute Gasteiger partial charge is 0.353 e. The Morgan fingerprint density at radius 1 is 1.30 bits per heavy atom. The summed E-state index contributed by atoms with van der Waals surface area (Å²) in [5, 5.41) is 15.6. The van der Waals surface area contributed by atoms with Gasteiger partial charge in [-0.2, -0.15) is 5.10 Å². The van der Waals surface area contributed by atoms with Crippen molar-refractivity contribution in [1.82, 2.24) is 10.2 Å². The number of aromatic amines is 1. The van der Waals surface area contributed by atoms with Gasteiger partial charge >= 0.3 is 5.97 Å². The van der Waals surface area contributed by atoms with Crippen LogP contribution in [-0.4, -0.2) is 34.5 Å². The molecule has 6 nitrogen and oxygen atoms in total. The fourth-order valence-corrected chi connectivity index (χ4v) is 2.27. The third-order valence-corrected chi connectivity index (χ3v) is 3.42. The molecule has 0 aliphatic carbocycles. The molecule has 0 unspecified atom stereocenters. The summed E-state index contributed by atoms with van der Waals surface area (Å²) < 4.78 is 11.3. The zero-order valence-corrected chi connectivity index (χ0v) is 11.2. The Hall–Kier alpha value is -2.50. The molecule has 0 fully saturated rings. The Labute approximate surface area is 115 Å². The van der Waals surface area contributed by atoms with Crippen molar-refractivity contribution in [1.29, 1.82) is 0 Å². The molecule has 0 spiro atoms. The van der Waals surface area contributed by atoms with E-state index in [0.29, 0.717) is 30.4 Å². The number of rotatable bonds is 2. The predicted octanol–water partition coefficient (Wildman–Crippen LogP) is 2.16. The summed E-state index contributed by atoms with van der Waals surface area (Å²) in [4.78, 5) is 11.0. The molecule has 20 heavy (non-hydrogen) atoms. The number of nitrogens with zero attached hydrogens (tertiary/aromatic N) is 1. The standard InChI is InChI=1S/C14H14N2O4/c1-7-5-11-13(20-4-3-19-11)12(8(7)2)9-6-10(14(17)18)16-15-9/h5-6H,3-4H2,1-2H3,(H,15,16)(H,17,18). The van der Waals surface area contributed by atoms with Crippen molar-refractivity contribution >= 4 is 5.97 Å². The summed E-state index contributed by atoms with van der Waals surface area (Å²) in [5.74, 6) is 0.261. The normalized spacial score (nSPS) is 13.3. The van der Waals surface area contributed by atoms with Crippen LogP contribution in [0.4, 0.5) is 0 Å². The van der Waals surface area contributed by atoms with Gasteiger partial charge in [-0.05, 0) is 37.1 Å². The first-order valence-corrected chi connectivity index (χ1v) is 6.27. The van der Waals surface area contributed by atoms with E-state index in [1.54, 1.807) is 0 Å². The number of aryl methyl sites for hydroxylation is 1. The molecule has 1 aliphatic rings. The van der Waals surface area contributed by atoms with Gasteiger partial charge in [-0.25, -0.2) is 4.79 Å². The number of benzene rings is 1. The fraction of sp³-hybridized carbons (Fsp3) is 0.286. The second kappa shape index (κ2) is 4.56. The van der Waals surface area contributed by atoms with E-state index < -0.39 is 5.97 Å². The van der Waals surface area contributed by atoms with Crippen LogP contribution in [0.1, 0.15) is 21.6 Å². The lowest BCUT2D eigenvalue weighted by molar-refractivity contribution is 0.0690. The summed E-state index contributed by atoms with van der Waals surface area (Å²) in [6, 6.07) is 3.43. The van der Waals surface area contributed by atoms with Crippen molar-refractivity contribution in [3.8, 4) is 22.8 Å². The van der Waals surface area contributed by atoms with E-state index in [-0.39, 0.29) is 5.69 Å². The van der Waals surface area contributed by atoms with Crippen LogP contribution >= 0.6 is 0 Å². The lowest BCUT2D eigenvalue weighted by Gasteiger charge is -2.23. The monoisotopic (exact) mass is 274 g/mol. The van der Waals surface area contributed by atoms with Crippen molar-refractivity contribution in [3.05, 3.63) is 29.0 Å². The van der Waals surface area contributed by atoms with Gasteiger partial charge in [0.25, 0.3) is 0 Å². The van der Waals surface area contributed by atoms with Crippen LogP contribution in [0.25, 0.3) is 11.3 Å². The van der Waals surface area contributed by atoms with Gasteiger partial charge < -0.3 is 14.6 Å². The van der Waals surface area contributed by atoms with Crippen LogP contribution in [0.3, 0.4) is 0 Å².